The van der Waals surface area contributed by atoms with Gasteiger partial charge in [-0.15, -0.1) is 0 Å². The fourth-order valence-electron chi connectivity index (χ4n) is 1.72. The molecule has 0 unspecified atom stereocenters. The third kappa shape index (κ3) is 5.38. The lowest BCUT2D eigenvalue weighted by atomic mass is 10.2. The number of rotatable bonds is 7. The highest BCUT2D eigenvalue weighted by molar-refractivity contribution is 5.93. The van der Waals surface area contributed by atoms with Crippen molar-refractivity contribution in [2.24, 2.45) is 5.73 Å². The molecule has 1 rings (SSSR count). The summed E-state index contributed by atoms with van der Waals surface area (Å²) >= 11 is 0. The molecule has 0 saturated carbocycles. The van der Waals surface area contributed by atoms with Crippen LogP contribution in [0.4, 0.5) is 5.69 Å². The minimum atomic E-state index is -0.286. The van der Waals surface area contributed by atoms with E-state index in [2.05, 4.69) is 10.1 Å². The third-order valence-corrected chi connectivity index (χ3v) is 2.85. The van der Waals surface area contributed by atoms with E-state index in [0.29, 0.717) is 13.1 Å². The maximum Gasteiger partial charge on any atom is 0.306 e. The molecule has 1 amide bonds. The molecule has 0 heterocycles. The van der Waals surface area contributed by atoms with Crippen LogP contribution >= 0.6 is 0 Å². The zero-order valence-electron chi connectivity index (χ0n) is 11.9. The van der Waals surface area contributed by atoms with Crippen molar-refractivity contribution in [1.82, 2.24) is 4.90 Å². The second-order valence-corrected chi connectivity index (χ2v) is 4.47. The average molecular weight is 279 g/mol. The molecular weight excluding hydrogens is 258 g/mol. The van der Waals surface area contributed by atoms with E-state index in [9.17, 15) is 9.59 Å². The molecule has 0 bridgehead atoms. The minimum absolute atomic E-state index is 0.140. The van der Waals surface area contributed by atoms with Gasteiger partial charge in [0.1, 0.15) is 0 Å². The van der Waals surface area contributed by atoms with Crippen molar-refractivity contribution in [1.29, 1.82) is 0 Å². The first kappa shape index (κ1) is 16.1. The number of esters is 1. The Kier molecular flexibility index (Phi) is 6.69. The predicted molar refractivity (Wildman–Crippen MR) is 77.1 cm³/mol. The van der Waals surface area contributed by atoms with Crippen LogP contribution in [0.15, 0.2) is 24.3 Å². The smallest absolute Gasteiger partial charge is 0.306 e. The minimum Gasteiger partial charge on any atom is -0.469 e. The number of likely N-dealkylation sites (N-methyl/N-ethyl adjacent to an activating group) is 1. The number of para-hydroxylation sites is 1. The summed E-state index contributed by atoms with van der Waals surface area (Å²) < 4.78 is 4.55. The Morgan fingerprint density at radius 2 is 2.05 bits per heavy atom. The number of methoxy groups -OCH3 is 1. The van der Waals surface area contributed by atoms with Crippen LogP contribution in [0.1, 0.15) is 12.0 Å². The monoisotopic (exact) mass is 279 g/mol. The van der Waals surface area contributed by atoms with E-state index in [-0.39, 0.29) is 24.8 Å². The van der Waals surface area contributed by atoms with Gasteiger partial charge in [0.15, 0.2) is 0 Å². The Morgan fingerprint density at radius 3 is 2.70 bits per heavy atom. The molecule has 1 aromatic carbocycles. The lowest BCUT2D eigenvalue weighted by Gasteiger charge is -2.16. The average Bonchev–Trinajstić information content (AvgIpc) is 2.45. The van der Waals surface area contributed by atoms with Crippen molar-refractivity contribution in [3.05, 3.63) is 29.8 Å². The molecule has 0 spiro atoms. The highest BCUT2D eigenvalue weighted by Crippen LogP contribution is 2.13. The maximum absolute atomic E-state index is 11.9. The summed E-state index contributed by atoms with van der Waals surface area (Å²) in [7, 11) is 3.12. The van der Waals surface area contributed by atoms with E-state index in [0.717, 1.165) is 11.3 Å². The van der Waals surface area contributed by atoms with Crippen LogP contribution in [0.25, 0.3) is 0 Å². The highest BCUT2D eigenvalue weighted by atomic mass is 16.5. The number of nitrogens with two attached hydrogens (primary N) is 1. The number of amides is 1. The van der Waals surface area contributed by atoms with Crippen LogP contribution in [0.3, 0.4) is 0 Å². The number of nitrogens with one attached hydrogen (secondary N) is 1. The van der Waals surface area contributed by atoms with E-state index in [1.807, 2.05) is 24.3 Å². The van der Waals surface area contributed by atoms with Gasteiger partial charge in [-0.25, -0.2) is 0 Å². The summed E-state index contributed by atoms with van der Waals surface area (Å²) in [5, 5.41) is 2.82. The lowest BCUT2D eigenvalue weighted by molar-refractivity contribution is -0.141. The van der Waals surface area contributed by atoms with Gasteiger partial charge in [0.25, 0.3) is 0 Å². The van der Waals surface area contributed by atoms with Crippen molar-refractivity contribution in [3.63, 3.8) is 0 Å². The highest BCUT2D eigenvalue weighted by Gasteiger charge is 2.10. The van der Waals surface area contributed by atoms with Gasteiger partial charge in [-0.2, -0.15) is 0 Å². The van der Waals surface area contributed by atoms with Crippen LogP contribution in [-0.4, -0.2) is 44.0 Å². The van der Waals surface area contributed by atoms with Crippen LogP contribution < -0.4 is 11.1 Å². The van der Waals surface area contributed by atoms with E-state index < -0.39 is 0 Å². The molecule has 20 heavy (non-hydrogen) atoms. The van der Waals surface area contributed by atoms with Gasteiger partial charge in [0, 0.05) is 18.8 Å². The number of hydrogen-bond acceptors (Lipinski definition) is 5. The molecule has 0 atom stereocenters. The second-order valence-electron chi connectivity index (χ2n) is 4.47. The molecule has 6 heteroatoms. The van der Waals surface area contributed by atoms with Crippen LogP contribution in [0.2, 0.25) is 0 Å². The standard InChI is InChI=1S/C14H21N3O3/c1-17(8-7-14(19)20-2)10-13(18)16-12-6-4-3-5-11(12)9-15/h3-6H,7-10,15H2,1-2H3,(H,16,18). The van der Waals surface area contributed by atoms with Crippen molar-refractivity contribution in [2.45, 2.75) is 13.0 Å². The summed E-state index contributed by atoms with van der Waals surface area (Å²) in [4.78, 5) is 24.7. The van der Waals surface area contributed by atoms with Crippen molar-refractivity contribution >= 4 is 17.6 Å². The Balaban J connectivity index is 2.45. The van der Waals surface area contributed by atoms with Gasteiger partial charge in [0.05, 0.1) is 20.1 Å². The second kappa shape index (κ2) is 8.29. The molecule has 0 aliphatic rings. The van der Waals surface area contributed by atoms with E-state index in [4.69, 9.17) is 5.73 Å². The zero-order valence-corrected chi connectivity index (χ0v) is 11.9. The van der Waals surface area contributed by atoms with Crippen LogP contribution in [0.5, 0.6) is 0 Å². The number of anilines is 1. The number of carbonyl (C=O) groups excluding carboxylic acids is 2. The first-order chi connectivity index (χ1) is 9.56. The quantitative estimate of drug-likeness (QED) is 0.713. The molecule has 1 aromatic rings. The SMILES string of the molecule is COC(=O)CCN(C)CC(=O)Nc1ccccc1CN. The molecule has 0 aliphatic heterocycles. The number of nitrogens with zero attached hydrogens (tertiary/aromatic N) is 1. The van der Waals surface area contributed by atoms with Crippen molar-refractivity contribution in [3.8, 4) is 0 Å². The number of hydrogen-bond donors (Lipinski definition) is 2. The molecule has 3 N–H and O–H groups in total. The zero-order chi connectivity index (χ0) is 15.0. The van der Waals surface area contributed by atoms with Gasteiger partial charge < -0.3 is 15.8 Å². The van der Waals surface area contributed by atoms with E-state index in [1.54, 1.807) is 11.9 Å². The van der Waals surface area contributed by atoms with E-state index in [1.165, 1.54) is 7.11 Å². The van der Waals surface area contributed by atoms with Crippen LogP contribution in [0, 0.1) is 0 Å². The van der Waals surface area contributed by atoms with Gasteiger partial charge in [0.2, 0.25) is 5.91 Å². The molecular formula is C14H21N3O3. The number of carbonyl (C=O) groups is 2. The van der Waals surface area contributed by atoms with Gasteiger partial charge in [-0.3, -0.25) is 14.5 Å². The summed E-state index contributed by atoms with van der Waals surface area (Å²) in [6.07, 6.45) is 0.264. The summed E-state index contributed by atoms with van der Waals surface area (Å²) in [6.45, 7) is 1.04. The Labute approximate surface area is 118 Å². The fraction of sp³-hybridized carbons (Fsp3) is 0.429. The summed E-state index contributed by atoms with van der Waals surface area (Å²) in [6, 6.07) is 7.40. The molecule has 0 aliphatic carbocycles. The topological polar surface area (TPSA) is 84.7 Å². The predicted octanol–water partition coefficient (Wildman–Crippen LogP) is 0.579. The lowest BCUT2D eigenvalue weighted by Crippen LogP contribution is -2.32. The molecule has 0 saturated heterocycles. The normalized spacial score (nSPS) is 10.4. The molecule has 0 radical (unpaired) electrons. The Hall–Kier alpha value is -1.92. The van der Waals surface area contributed by atoms with Crippen molar-refractivity contribution < 1.29 is 14.3 Å². The molecule has 0 fully saturated rings. The van der Waals surface area contributed by atoms with E-state index >= 15 is 0 Å². The first-order valence-electron chi connectivity index (χ1n) is 6.40. The summed E-state index contributed by atoms with van der Waals surface area (Å²) in [5.41, 5.74) is 7.22. The number of benzene rings is 1. The third-order valence-electron chi connectivity index (χ3n) is 2.85. The Bertz CT molecular complexity index is 463. The van der Waals surface area contributed by atoms with Gasteiger partial charge in [-0.05, 0) is 18.7 Å². The van der Waals surface area contributed by atoms with Gasteiger partial charge in [-0.1, -0.05) is 18.2 Å². The molecule has 0 aromatic heterocycles. The Morgan fingerprint density at radius 1 is 1.35 bits per heavy atom. The summed E-state index contributed by atoms with van der Waals surface area (Å²) in [5.74, 6) is -0.427. The van der Waals surface area contributed by atoms with Gasteiger partial charge >= 0.3 is 5.97 Å². The fourth-order valence-corrected chi connectivity index (χ4v) is 1.72. The largest absolute Gasteiger partial charge is 0.469 e. The first-order valence-corrected chi connectivity index (χ1v) is 6.40. The van der Waals surface area contributed by atoms with Crippen LogP contribution in [-0.2, 0) is 20.9 Å². The maximum atomic E-state index is 11.9. The molecule has 6 nitrogen and oxygen atoms in total. The molecule has 110 valence electrons. The van der Waals surface area contributed by atoms with Crippen molar-refractivity contribution in [2.75, 3.05) is 32.6 Å². The number of ether oxygens (including phenoxy) is 1.